The maximum absolute atomic E-state index is 6.29. The zero-order chi connectivity index (χ0) is 13.9. The Hall–Kier alpha value is -0.360. The fourth-order valence-corrected chi connectivity index (χ4v) is 3.01. The molecule has 1 saturated heterocycles. The molecule has 6 heteroatoms. The van der Waals surface area contributed by atoms with E-state index in [4.69, 9.17) is 38.5 Å². The van der Waals surface area contributed by atoms with Crippen molar-refractivity contribution in [2.75, 3.05) is 20.3 Å². The van der Waals surface area contributed by atoms with Crippen LogP contribution in [0.1, 0.15) is 24.4 Å². The van der Waals surface area contributed by atoms with Crippen molar-refractivity contribution < 1.29 is 9.47 Å². The minimum Gasteiger partial charge on any atom is -0.381 e. The Labute approximate surface area is 123 Å². The second-order valence-electron chi connectivity index (χ2n) is 4.62. The van der Waals surface area contributed by atoms with Gasteiger partial charge in [0.15, 0.2) is 0 Å². The Morgan fingerprint density at radius 3 is 2.63 bits per heavy atom. The molecule has 106 valence electrons. The number of methoxy groups -OCH3 is 1. The molecule has 1 fully saturated rings. The minimum absolute atomic E-state index is 0.229. The first-order valence-corrected chi connectivity index (χ1v) is 6.93. The first kappa shape index (κ1) is 15.0. The molecule has 0 bridgehead atoms. The zero-order valence-corrected chi connectivity index (χ0v) is 12.3. The van der Waals surface area contributed by atoms with Crippen LogP contribution >= 0.6 is 23.2 Å². The molecule has 19 heavy (non-hydrogen) atoms. The summed E-state index contributed by atoms with van der Waals surface area (Å²) in [5.74, 6) is 5.74. The second kappa shape index (κ2) is 6.39. The average molecular weight is 305 g/mol. The molecular formula is C13H18Cl2N2O2. The SMILES string of the molecule is COC1(C(NN)c2cccc(Cl)c2Cl)CCOCC1. The Bertz CT molecular complexity index is 437. The molecule has 4 nitrogen and oxygen atoms in total. The van der Waals surface area contributed by atoms with Gasteiger partial charge in [0.2, 0.25) is 0 Å². The van der Waals surface area contributed by atoms with Gasteiger partial charge >= 0.3 is 0 Å². The molecule has 1 aliphatic heterocycles. The fourth-order valence-electron chi connectivity index (χ4n) is 2.60. The van der Waals surface area contributed by atoms with Crippen molar-refractivity contribution in [3.8, 4) is 0 Å². The van der Waals surface area contributed by atoms with E-state index in [-0.39, 0.29) is 6.04 Å². The first-order valence-electron chi connectivity index (χ1n) is 6.17. The predicted octanol–water partition coefficient (Wildman–Crippen LogP) is 2.69. The Kier molecular flexibility index (Phi) is 5.06. The van der Waals surface area contributed by atoms with Gasteiger partial charge in [-0.1, -0.05) is 35.3 Å². The number of hydrazine groups is 1. The molecule has 0 spiro atoms. The Morgan fingerprint density at radius 1 is 1.37 bits per heavy atom. The standard InChI is InChI=1S/C13H18Cl2N2O2/c1-18-13(5-7-19-8-6-13)12(17-16)9-3-2-4-10(14)11(9)15/h2-4,12,17H,5-8,16H2,1H3. The van der Waals surface area contributed by atoms with Crippen LogP contribution in [0.4, 0.5) is 0 Å². The highest BCUT2D eigenvalue weighted by Gasteiger charge is 2.42. The van der Waals surface area contributed by atoms with Gasteiger partial charge in [0.1, 0.15) is 0 Å². The van der Waals surface area contributed by atoms with Crippen LogP contribution in [0.3, 0.4) is 0 Å². The van der Waals surface area contributed by atoms with Gasteiger partial charge in [-0.2, -0.15) is 0 Å². The third kappa shape index (κ3) is 2.89. The maximum atomic E-state index is 6.29. The van der Waals surface area contributed by atoms with Crippen molar-refractivity contribution in [3.05, 3.63) is 33.8 Å². The summed E-state index contributed by atoms with van der Waals surface area (Å²) in [5, 5.41) is 1.02. The lowest BCUT2D eigenvalue weighted by atomic mass is 9.82. The second-order valence-corrected chi connectivity index (χ2v) is 5.41. The van der Waals surface area contributed by atoms with Gasteiger partial charge in [-0.15, -0.1) is 0 Å². The van der Waals surface area contributed by atoms with Crippen LogP contribution in [-0.2, 0) is 9.47 Å². The fraction of sp³-hybridized carbons (Fsp3) is 0.538. The summed E-state index contributed by atoms with van der Waals surface area (Å²) in [5.41, 5.74) is 3.24. The Morgan fingerprint density at radius 2 is 2.05 bits per heavy atom. The Balaban J connectivity index is 2.40. The highest BCUT2D eigenvalue weighted by molar-refractivity contribution is 6.42. The van der Waals surface area contributed by atoms with E-state index in [2.05, 4.69) is 5.43 Å². The summed E-state index contributed by atoms with van der Waals surface area (Å²) in [7, 11) is 1.69. The van der Waals surface area contributed by atoms with E-state index in [0.717, 1.165) is 18.4 Å². The van der Waals surface area contributed by atoms with Crippen LogP contribution in [0.5, 0.6) is 0 Å². The van der Waals surface area contributed by atoms with Crippen molar-refractivity contribution in [1.29, 1.82) is 0 Å². The molecule has 0 aromatic heterocycles. The van der Waals surface area contributed by atoms with Crippen LogP contribution in [0.25, 0.3) is 0 Å². The van der Waals surface area contributed by atoms with E-state index in [1.54, 1.807) is 13.2 Å². The lowest BCUT2D eigenvalue weighted by Gasteiger charge is -2.42. The molecule has 1 unspecified atom stereocenters. The largest absolute Gasteiger partial charge is 0.381 e. The number of hydrogen-bond acceptors (Lipinski definition) is 4. The van der Waals surface area contributed by atoms with Gasteiger partial charge in [-0.05, 0) is 11.6 Å². The number of halogens is 2. The number of benzene rings is 1. The number of nitrogens with one attached hydrogen (secondary N) is 1. The van der Waals surface area contributed by atoms with Crippen molar-refractivity contribution in [2.24, 2.45) is 5.84 Å². The molecule has 1 aromatic carbocycles. The number of ether oxygens (including phenoxy) is 2. The highest BCUT2D eigenvalue weighted by atomic mass is 35.5. The van der Waals surface area contributed by atoms with E-state index >= 15 is 0 Å². The summed E-state index contributed by atoms with van der Waals surface area (Å²) in [6.07, 6.45) is 1.50. The molecule has 2 rings (SSSR count). The van der Waals surface area contributed by atoms with Gasteiger partial charge in [-0.3, -0.25) is 11.3 Å². The van der Waals surface area contributed by atoms with Gasteiger partial charge in [0.25, 0.3) is 0 Å². The van der Waals surface area contributed by atoms with Gasteiger partial charge in [-0.25, -0.2) is 0 Å². The number of nitrogens with two attached hydrogens (primary N) is 1. The van der Waals surface area contributed by atoms with Crippen LogP contribution in [0.15, 0.2) is 18.2 Å². The summed E-state index contributed by atoms with van der Waals surface area (Å²) in [4.78, 5) is 0. The van der Waals surface area contributed by atoms with Crippen molar-refractivity contribution in [3.63, 3.8) is 0 Å². The van der Waals surface area contributed by atoms with E-state index < -0.39 is 5.60 Å². The topological polar surface area (TPSA) is 56.5 Å². The van der Waals surface area contributed by atoms with Gasteiger partial charge in [0, 0.05) is 33.2 Å². The van der Waals surface area contributed by atoms with Gasteiger partial charge < -0.3 is 9.47 Å². The van der Waals surface area contributed by atoms with Crippen LogP contribution < -0.4 is 11.3 Å². The molecule has 1 aliphatic rings. The minimum atomic E-state index is -0.429. The van der Waals surface area contributed by atoms with Gasteiger partial charge in [0.05, 0.1) is 21.7 Å². The van der Waals surface area contributed by atoms with Crippen LogP contribution in [0.2, 0.25) is 10.0 Å². The third-order valence-electron chi connectivity index (χ3n) is 3.73. The van der Waals surface area contributed by atoms with E-state index in [0.29, 0.717) is 23.3 Å². The monoisotopic (exact) mass is 304 g/mol. The van der Waals surface area contributed by atoms with E-state index in [9.17, 15) is 0 Å². The lowest BCUT2D eigenvalue weighted by Crippen LogP contribution is -2.51. The van der Waals surface area contributed by atoms with Crippen molar-refractivity contribution in [2.45, 2.75) is 24.5 Å². The summed E-state index contributed by atoms with van der Waals surface area (Å²) in [6.45, 7) is 1.29. The third-order valence-corrected chi connectivity index (χ3v) is 4.56. The molecule has 1 heterocycles. The molecule has 1 aromatic rings. The molecule has 3 N–H and O–H groups in total. The highest BCUT2D eigenvalue weighted by Crippen LogP contribution is 2.40. The molecular weight excluding hydrogens is 287 g/mol. The lowest BCUT2D eigenvalue weighted by molar-refractivity contribution is -0.111. The molecule has 1 atom stereocenters. The number of hydrogen-bond donors (Lipinski definition) is 2. The first-order chi connectivity index (χ1) is 9.14. The smallest absolute Gasteiger partial charge is 0.0929 e. The summed E-state index contributed by atoms with van der Waals surface area (Å²) < 4.78 is 11.2. The van der Waals surface area contributed by atoms with Crippen molar-refractivity contribution >= 4 is 23.2 Å². The molecule has 0 amide bonds. The number of rotatable bonds is 4. The van der Waals surface area contributed by atoms with E-state index in [1.165, 1.54) is 0 Å². The van der Waals surface area contributed by atoms with E-state index in [1.807, 2.05) is 12.1 Å². The summed E-state index contributed by atoms with van der Waals surface area (Å²) >= 11 is 12.4. The van der Waals surface area contributed by atoms with Crippen LogP contribution in [0, 0.1) is 0 Å². The predicted molar refractivity (Wildman–Crippen MR) is 76.3 cm³/mol. The molecule has 0 aliphatic carbocycles. The molecule has 0 radical (unpaired) electrons. The normalized spacial score (nSPS) is 20.2. The summed E-state index contributed by atoms with van der Waals surface area (Å²) in [6, 6.07) is 5.29. The zero-order valence-electron chi connectivity index (χ0n) is 10.8. The molecule has 0 saturated carbocycles. The van der Waals surface area contributed by atoms with Crippen molar-refractivity contribution in [1.82, 2.24) is 5.43 Å². The average Bonchev–Trinajstić information content (AvgIpc) is 2.45. The quantitative estimate of drug-likeness (QED) is 0.663. The van der Waals surface area contributed by atoms with Crippen LogP contribution in [-0.4, -0.2) is 25.9 Å². The maximum Gasteiger partial charge on any atom is 0.0929 e.